The summed E-state index contributed by atoms with van der Waals surface area (Å²) in [6.07, 6.45) is 8.32. The molecule has 1 aromatic carbocycles. The van der Waals surface area contributed by atoms with Gasteiger partial charge in [0.1, 0.15) is 6.61 Å². The summed E-state index contributed by atoms with van der Waals surface area (Å²) in [5.74, 6) is 1.77. The molecule has 0 amide bonds. The number of hydrogen-bond acceptors (Lipinski definition) is 4. The van der Waals surface area contributed by atoms with Crippen molar-refractivity contribution in [2.45, 2.75) is 25.9 Å². The fourth-order valence-corrected chi connectivity index (χ4v) is 1.78. The Labute approximate surface area is 113 Å². The number of benzene rings is 1. The molecule has 0 atom stereocenters. The fraction of sp³-hybridized carbons (Fsp3) is 0.467. The van der Waals surface area contributed by atoms with Crippen LogP contribution in [-0.4, -0.2) is 25.9 Å². The Kier molecular flexibility index (Phi) is 4.68. The first-order chi connectivity index (χ1) is 9.31. The van der Waals surface area contributed by atoms with Crippen molar-refractivity contribution in [2.24, 2.45) is 0 Å². The molecule has 4 heteroatoms. The summed E-state index contributed by atoms with van der Waals surface area (Å²) < 4.78 is 16.0. The van der Waals surface area contributed by atoms with Crippen LogP contribution in [0.15, 0.2) is 12.1 Å². The summed E-state index contributed by atoms with van der Waals surface area (Å²) in [5, 5.41) is 9.29. The van der Waals surface area contributed by atoms with Crippen LogP contribution in [0.25, 0.3) is 6.08 Å². The fourth-order valence-electron chi connectivity index (χ4n) is 1.78. The molecule has 4 nitrogen and oxygen atoms in total. The minimum atomic E-state index is -0.0591. The van der Waals surface area contributed by atoms with E-state index in [2.05, 4.69) is 0 Å². The third kappa shape index (κ3) is 3.20. The molecule has 1 N–H and O–H groups in total. The van der Waals surface area contributed by atoms with Crippen molar-refractivity contribution in [3.8, 4) is 17.2 Å². The van der Waals surface area contributed by atoms with E-state index >= 15 is 0 Å². The predicted octanol–water partition coefficient (Wildman–Crippen LogP) is 2.77. The van der Waals surface area contributed by atoms with Crippen LogP contribution in [0.3, 0.4) is 0 Å². The summed E-state index contributed by atoms with van der Waals surface area (Å²) in [6, 6.07) is 1.76. The van der Waals surface area contributed by atoms with E-state index in [-0.39, 0.29) is 6.61 Å². The zero-order valence-corrected chi connectivity index (χ0v) is 11.4. The summed E-state index contributed by atoms with van der Waals surface area (Å²) in [4.78, 5) is 0. The lowest BCUT2D eigenvalue weighted by atomic mass is 10.0. The van der Waals surface area contributed by atoms with Gasteiger partial charge < -0.3 is 19.3 Å². The van der Waals surface area contributed by atoms with E-state index in [0.717, 1.165) is 11.1 Å². The number of ether oxygens (including phenoxy) is 3. The first-order valence-electron chi connectivity index (χ1n) is 6.49. The Balaban J connectivity index is 0.000000390. The molecule has 3 rings (SSSR count). The van der Waals surface area contributed by atoms with E-state index in [1.807, 2.05) is 12.2 Å². The quantitative estimate of drug-likeness (QED) is 0.912. The Morgan fingerprint density at radius 2 is 1.95 bits per heavy atom. The first-order valence-corrected chi connectivity index (χ1v) is 6.49. The van der Waals surface area contributed by atoms with Gasteiger partial charge in [0.2, 0.25) is 5.75 Å². The average Bonchev–Trinajstić information content (AvgIpc) is 3.33. The molecule has 0 saturated heterocycles. The Hall–Kier alpha value is -1.68. The van der Waals surface area contributed by atoms with Crippen LogP contribution in [0.1, 0.15) is 30.4 Å². The van der Waals surface area contributed by atoms with Gasteiger partial charge in [-0.25, -0.2) is 0 Å². The molecular weight excluding hydrogens is 244 g/mol. The summed E-state index contributed by atoms with van der Waals surface area (Å²) in [7, 11) is 3.13. The number of aliphatic hydroxyl groups excluding tert-OH is 1. The van der Waals surface area contributed by atoms with Crippen molar-refractivity contribution >= 4 is 6.08 Å². The lowest BCUT2D eigenvalue weighted by Gasteiger charge is -2.20. The Morgan fingerprint density at radius 1 is 1.21 bits per heavy atom. The van der Waals surface area contributed by atoms with E-state index < -0.39 is 0 Å². The zero-order valence-electron chi connectivity index (χ0n) is 11.4. The standard InChI is InChI=1S/C12H14O4.C3H6/c1-14-10-6-8(7-13)9-4-3-5-16-11(9)12(10)15-2;1-2-3-1/h3-4,6,13H,5,7H2,1-2H3;1-3H2. The molecule has 0 spiro atoms. The second-order valence-electron chi connectivity index (χ2n) is 4.45. The number of hydrogen-bond donors (Lipinski definition) is 1. The van der Waals surface area contributed by atoms with Crippen molar-refractivity contribution in [1.29, 1.82) is 0 Å². The molecule has 0 radical (unpaired) electrons. The molecule has 1 heterocycles. The maximum absolute atomic E-state index is 9.29. The largest absolute Gasteiger partial charge is 0.493 e. The van der Waals surface area contributed by atoms with Gasteiger partial charge in [-0.15, -0.1) is 0 Å². The van der Waals surface area contributed by atoms with Crippen LogP contribution in [0.5, 0.6) is 17.2 Å². The molecule has 1 aliphatic carbocycles. The molecule has 0 bridgehead atoms. The van der Waals surface area contributed by atoms with Gasteiger partial charge in [-0.3, -0.25) is 0 Å². The van der Waals surface area contributed by atoms with Gasteiger partial charge in [0, 0.05) is 5.56 Å². The Morgan fingerprint density at radius 3 is 2.47 bits per heavy atom. The van der Waals surface area contributed by atoms with E-state index in [9.17, 15) is 5.11 Å². The van der Waals surface area contributed by atoms with Gasteiger partial charge in [-0.05, 0) is 17.7 Å². The first kappa shape index (κ1) is 13.7. The van der Waals surface area contributed by atoms with E-state index in [0.29, 0.717) is 23.9 Å². The third-order valence-corrected chi connectivity index (χ3v) is 2.88. The van der Waals surface area contributed by atoms with Gasteiger partial charge in [0.15, 0.2) is 11.5 Å². The SMILES string of the molecule is C1CC1.COc1cc(CO)c2c(c1OC)OCC=C2. The molecule has 104 valence electrons. The maximum atomic E-state index is 9.29. The highest BCUT2D eigenvalue weighted by Crippen LogP contribution is 2.43. The number of aliphatic hydroxyl groups is 1. The van der Waals surface area contributed by atoms with Crippen LogP contribution in [0.2, 0.25) is 0 Å². The van der Waals surface area contributed by atoms with E-state index in [1.165, 1.54) is 19.3 Å². The molecule has 1 fully saturated rings. The van der Waals surface area contributed by atoms with Crippen molar-refractivity contribution < 1.29 is 19.3 Å². The monoisotopic (exact) mass is 264 g/mol. The van der Waals surface area contributed by atoms with Gasteiger partial charge in [-0.2, -0.15) is 0 Å². The van der Waals surface area contributed by atoms with Crippen LogP contribution < -0.4 is 14.2 Å². The van der Waals surface area contributed by atoms with Crippen LogP contribution in [-0.2, 0) is 6.61 Å². The van der Waals surface area contributed by atoms with Gasteiger partial charge in [-0.1, -0.05) is 25.3 Å². The van der Waals surface area contributed by atoms with Crippen LogP contribution in [0, 0.1) is 0 Å². The van der Waals surface area contributed by atoms with Gasteiger partial charge >= 0.3 is 0 Å². The highest BCUT2D eigenvalue weighted by Gasteiger charge is 2.20. The van der Waals surface area contributed by atoms with Crippen molar-refractivity contribution in [1.82, 2.24) is 0 Å². The van der Waals surface area contributed by atoms with Crippen LogP contribution in [0.4, 0.5) is 0 Å². The normalized spacial score (nSPS) is 14.7. The van der Waals surface area contributed by atoms with E-state index in [4.69, 9.17) is 14.2 Å². The highest BCUT2D eigenvalue weighted by atomic mass is 16.5. The zero-order chi connectivity index (χ0) is 13.7. The second kappa shape index (κ2) is 6.48. The van der Waals surface area contributed by atoms with Gasteiger partial charge in [0.25, 0.3) is 0 Å². The predicted molar refractivity (Wildman–Crippen MR) is 73.8 cm³/mol. The van der Waals surface area contributed by atoms with Crippen LogP contribution >= 0.6 is 0 Å². The average molecular weight is 264 g/mol. The molecule has 0 unspecified atom stereocenters. The Bertz CT molecular complexity index is 461. The smallest absolute Gasteiger partial charge is 0.203 e. The van der Waals surface area contributed by atoms with Gasteiger partial charge in [0.05, 0.1) is 20.8 Å². The third-order valence-electron chi connectivity index (χ3n) is 2.88. The van der Waals surface area contributed by atoms with Crippen molar-refractivity contribution in [2.75, 3.05) is 20.8 Å². The second-order valence-corrected chi connectivity index (χ2v) is 4.45. The summed E-state index contributed by atoms with van der Waals surface area (Å²) in [6.45, 7) is 0.442. The molecule has 2 aliphatic rings. The maximum Gasteiger partial charge on any atom is 0.203 e. The number of fused-ring (bicyclic) bond motifs is 1. The van der Waals surface area contributed by atoms with Crippen molar-refractivity contribution in [3.63, 3.8) is 0 Å². The topological polar surface area (TPSA) is 47.9 Å². The molecular formula is C15H20O4. The number of rotatable bonds is 3. The molecule has 19 heavy (non-hydrogen) atoms. The molecule has 1 saturated carbocycles. The lowest BCUT2D eigenvalue weighted by Crippen LogP contribution is -2.06. The molecule has 0 aromatic heterocycles. The van der Waals surface area contributed by atoms with Crippen molar-refractivity contribution in [3.05, 3.63) is 23.3 Å². The highest BCUT2D eigenvalue weighted by molar-refractivity contribution is 5.71. The molecule has 1 aromatic rings. The molecule has 1 aliphatic heterocycles. The minimum absolute atomic E-state index is 0.0591. The summed E-state index contributed by atoms with van der Waals surface area (Å²) >= 11 is 0. The van der Waals surface area contributed by atoms with E-state index in [1.54, 1.807) is 20.3 Å². The lowest BCUT2D eigenvalue weighted by molar-refractivity contribution is 0.274. The number of methoxy groups -OCH3 is 2. The summed E-state index contributed by atoms with van der Waals surface area (Å²) in [5.41, 5.74) is 1.62. The minimum Gasteiger partial charge on any atom is -0.493 e.